The van der Waals surface area contributed by atoms with E-state index in [4.69, 9.17) is 14.6 Å². The quantitative estimate of drug-likeness (QED) is 0.872. The molecule has 0 atom stereocenters. The summed E-state index contributed by atoms with van der Waals surface area (Å²) in [6, 6.07) is 7.31. The molecule has 0 amide bonds. The molecule has 5 heteroatoms. The van der Waals surface area contributed by atoms with Crippen LogP contribution in [0.25, 0.3) is 0 Å². The lowest BCUT2D eigenvalue weighted by molar-refractivity contribution is -0.136. The Bertz CT molecular complexity index is 522. The van der Waals surface area contributed by atoms with Gasteiger partial charge >= 0.3 is 5.97 Å². The van der Waals surface area contributed by atoms with Crippen LogP contribution in [-0.2, 0) is 16.0 Å². The van der Waals surface area contributed by atoms with Crippen LogP contribution in [0.2, 0.25) is 0 Å². The number of carbonyl (C=O) groups is 1. The highest BCUT2D eigenvalue weighted by atomic mass is 16.5. The molecular formula is C18H25NO4. The summed E-state index contributed by atoms with van der Waals surface area (Å²) in [5.41, 5.74) is 0.901. The average Bonchev–Trinajstić information content (AvgIpc) is 2.96. The minimum Gasteiger partial charge on any atom is -0.492 e. The Morgan fingerprint density at radius 2 is 2.00 bits per heavy atom. The first-order valence-corrected chi connectivity index (χ1v) is 8.45. The molecule has 2 aliphatic rings. The van der Waals surface area contributed by atoms with Crippen LogP contribution in [0.15, 0.2) is 24.3 Å². The van der Waals surface area contributed by atoms with Gasteiger partial charge in [-0.2, -0.15) is 0 Å². The van der Waals surface area contributed by atoms with Crippen molar-refractivity contribution in [2.24, 2.45) is 0 Å². The number of ether oxygens (including phenoxy) is 2. The first-order chi connectivity index (χ1) is 11.2. The van der Waals surface area contributed by atoms with Gasteiger partial charge in [-0.3, -0.25) is 9.69 Å². The second kappa shape index (κ2) is 7.32. The summed E-state index contributed by atoms with van der Waals surface area (Å²) in [4.78, 5) is 13.1. The van der Waals surface area contributed by atoms with Gasteiger partial charge in [0, 0.05) is 19.6 Å². The van der Waals surface area contributed by atoms with Crippen LogP contribution >= 0.6 is 0 Å². The van der Waals surface area contributed by atoms with E-state index in [9.17, 15) is 4.79 Å². The van der Waals surface area contributed by atoms with Crippen molar-refractivity contribution in [3.8, 4) is 5.75 Å². The van der Waals surface area contributed by atoms with Crippen molar-refractivity contribution in [2.45, 2.75) is 37.7 Å². The summed E-state index contributed by atoms with van der Waals surface area (Å²) in [5.74, 6) is -0.0187. The van der Waals surface area contributed by atoms with Gasteiger partial charge < -0.3 is 14.6 Å². The fourth-order valence-corrected chi connectivity index (χ4v) is 3.61. The molecule has 126 valence electrons. The number of rotatable bonds is 6. The van der Waals surface area contributed by atoms with Crippen molar-refractivity contribution in [3.05, 3.63) is 29.8 Å². The van der Waals surface area contributed by atoms with E-state index >= 15 is 0 Å². The molecule has 0 radical (unpaired) electrons. The largest absolute Gasteiger partial charge is 0.492 e. The predicted octanol–water partition coefficient (Wildman–Crippen LogP) is 2.34. The molecule has 1 N–H and O–H groups in total. The summed E-state index contributed by atoms with van der Waals surface area (Å²) in [5, 5.41) is 8.76. The highest BCUT2D eigenvalue weighted by Gasteiger charge is 2.38. The molecule has 23 heavy (non-hydrogen) atoms. The maximum Gasteiger partial charge on any atom is 0.307 e. The van der Waals surface area contributed by atoms with Crippen LogP contribution < -0.4 is 4.74 Å². The highest BCUT2D eigenvalue weighted by Crippen LogP contribution is 2.35. The van der Waals surface area contributed by atoms with Crippen LogP contribution in [0.1, 0.15) is 31.2 Å². The smallest absolute Gasteiger partial charge is 0.307 e. The predicted molar refractivity (Wildman–Crippen MR) is 86.9 cm³/mol. The SMILES string of the molecule is O=C(O)Cc1ccc(OCCN2CCOC3(CCCC3)C2)cc1. The Morgan fingerprint density at radius 1 is 1.26 bits per heavy atom. The molecule has 1 spiro atoms. The van der Waals surface area contributed by atoms with Gasteiger partial charge in [0.1, 0.15) is 12.4 Å². The van der Waals surface area contributed by atoms with Gasteiger partial charge in [0.15, 0.2) is 0 Å². The summed E-state index contributed by atoms with van der Waals surface area (Å²) in [7, 11) is 0. The molecule has 0 bridgehead atoms. The van der Waals surface area contributed by atoms with Crippen LogP contribution in [0.3, 0.4) is 0 Å². The second-order valence-electron chi connectivity index (χ2n) is 6.58. The molecule has 5 nitrogen and oxygen atoms in total. The van der Waals surface area contributed by atoms with E-state index in [2.05, 4.69) is 4.90 Å². The lowest BCUT2D eigenvalue weighted by Gasteiger charge is -2.40. The molecule has 0 aromatic heterocycles. The molecule has 1 saturated carbocycles. The fourth-order valence-electron chi connectivity index (χ4n) is 3.61. The van der Waals surface area contributed by atoms with E-state index in [1.165, 1.54) is 25.7 Å². The van der Waals surface area contributed by atoms with Crippen molar-refractivity contribution < 1.29 is 19.4 Å². The van der Waals surface area contributed by atoms with Crippen molar-refractivity contribution in [1.29, 1.82) is 0 Å². The molecular weight excluding hydrogens is 294 g/mol. The number of aliphatic carboxylic acids is 1. The van der Waals surface area contributed by atoms with E-state index in [0.29, 0.717) is 6.61 Å². The van der Waals surface area contributed by atoms with E-state index in [1.807, 2.05) is 24.3 Å². The first-order valence-electron chi connectivity index (χ1n) is 8.45. The van der Waals surface area contributed by atoms with E-state index in [1.54, 1.807) is 0 Å². The van der Waals surface area contributed by atoms with Crippen molar-refractivity contribution in [2.75, 3.05) is 32.8 Å². The first kappa shape index (κ1) is 16.3. The number of carboxylic acid groups (broad SMARTS) is 1. The lowest BCUT2D eigenvalue weighted by Crippen LogP contribution is -2.51. The maximum atomic E-state index is 10.7. The zero-order chi connectivity index (χ0) is 16.1. The Hall–Kier alpha value is -1.59. The van der Waals surface area contributed by atoms with Crippen LogP contribution in [0, 0.1) is 0 Å². The van der Waals surface area contributed by atoms with Crippen LogP contribution in [-0.4, -0.2) is 54.4 Å². The topological polar surface area (TPSA) is 59.0 Å². The van der Waals surface area contributed by atoms with Gasteiger partial charge in [-0.15, -0.1) is 0 Å². The second-order valence-corrected chi connectivity index (χ2v) is 6.58. The van der Waals surface area contributed by atoms with Crippen molar-refractivity contribution in [3.63, 3.8) is 0 Å². The number of benzene rings is 1. The Kier molecular flexibility index (Phi) is 5.18. The third-order valence-electron chi connectivity index (χ3n) is 4.80. The summed E-state index contributed by atoms with van der Waals surface area (Å²) < 4.78 is 11.8. The van der Waals surface area contributed by atoms with Gasteiger partial charge in [0.2, 0.25) is 0 Å². The molecule has 0 unspecified atom stereocenters. The maximum absolute atomic E-state index is 10.7. The number of hydrogen-bond acceptors (Lipinski definition) is 4. The molecule has 1 aromatic carbocycles. The Morgan fingerprint density at radius 3 is 2.70 bits per heavy atom. The Balaban J connectivity index is 1.43. The minimum atomic E-state index is -0.813. The molecule has 1 aliphatic carbocycles. The molecule has 1 aromatic rings. The summed E-state index contributed by atoms with van der Waals surface area (Å²) in [6.45, 7) is 4.37. The number of carboxylic acids is 1. The number of nitrogens with zero attached hydrogens (tertiary/aromatic N) is 1. The molecule has 1 saturated heterocycles. The van der Waals surface area contributed by atoms with Crippen LogP contribution in [0.5, 0.6) is 5.75 Å². The Labute approximate surface area is 137 Å². The molecule has 3 rings (SSSR count). The zero-order valence-corrected chi connectivity index (χ0v) is 13.5. The summed E-state index contributed by atoms with van der Waals surface area (Å²) >= 11 is 0. The van der Waals surface area contributed by atoms with E-state index in [0.717, 1.165) is 37.6 Å². The van der Waals surface area contributed by atoms with Gasteiger partial charge in [0.05, 0.1) is 18.6 Å². The third kappa shape index (κ3) is 4.45. The number of morpholine rings is 1. The molecule has 1 aliphatic heterocycles. The van der Waals surface area contributed by atoms with Crippen LogP contribution in [0.4, 0.5) is 0 Å². The normalized spacial score (nSPS) is 20.7. The number of hydrogen-bond donors (Lipinski definition) is 1. The zero-order valence-electron chi connectivity index (χ0n) is 13.5. The minimum absolute atomic E-state index is 0.0517. The van der Waals surface area contributed by atoms with Crippen molar-refractivity contribution >= 4 is 5.97 Å². The lowest BCUT2D eigenvalue weighted by atomic mass is 10.00. The third-order valence-corrected chi connectivity index (χ3v) is 4.80. The highest BCUT2D eigenvalue weighted by molar-refractivity contribution is 5.70. The van der Waals surface area contributed by atoms with Gasteiger partial charge in [-0.1, -0.05) is 25.0 Å². The average molecular weight is 319 g/mol. The van der Waals surface area contributed by atoms with Gasteiger partial charge in [0.25, 0.3) is 0 Å². The van der Waals surface area contributed by atoms with Gasteiger partial charge in [-0.25, -0.2) is 0 Å². The summed E-state index contributed by atoms with van der Waals surface area (Å²) in [6.07, 6.45) is 5.00. The van der Waals surface area contributed by atoms with Crippen molar-refractivity contribution in [1.82, 2.24) is 4.90 Å². The molecule has 2 fully saturated rings. The van der Waals surface area contributed by atoms with E-state index < -0.39 is 5.97 Å². The molecule has 1 heterocycles. The fraction of sp³-hybridized carbons (Fsp3) is 0.611. The van der Waals surface area contributed by atoms with Gasteiger partial charge in [-0.05, 0) is 30.5 Å². The standard InChI is InChI=1S/C18H25NO4/c20-17(21)13-15-3-5-16(6-4-15)22-11-9-19-10-12-23-18(14-19)7-1-2-8-18/h3-6H,1-2,7-14H2,(H,20,21). The van der Waals surface area contributed by atoms with E-state index in [-0.39, 0.29) is 12.0 Å². The monoisotopic (exact) mass is 319 g/mol.